The Morgan fingerprint density at radius 2 is 2.06 bits per heavy atom. The minimum absolute atomic E-state index is 0.0291. The van der Waals surface area contributed by atoms with Gasteiger partial charge in [0.15, 0.2) is 0 Å². The van der Waals surface area contributed by atoms with Gasteiger partial charge in [0.05, 0.1) is 11.9 Å². The molecule has 0 radical (unpaired) electrons. The molecule has 1 amide bonds. The maximum Gasteiger partial charge on any atom is 0.328 e. The van der Waals surface area contributed by atoms with Crippen molar-refractivity contribution in [2.75, 3.05) is 12.9 Å². The molecule has 1 rings (SSSR count). The molecule has 2 unspecified atom stereocenters. The molecule has 1 aliphatic heterocycles. The van der Waals surface area contributed by atoms with Crippen LogP contribution in [0, 0.1) is 5.92 Å². The number of hydrogen-bond donors (Lipinski definition) is 1. The van der Waals surface area contributed by atoms with Gasteiger partial charge in [-0.2, -0.15) is 0 Å². The van der Waals surface area contributed by atoms with E-state index in [0.29, 0.717) is 0 Å². The van der Waals surface area contributed by atoms with Crippen LogP contribution in [-0.2, 0) is 14.3 Å². The first-order valence-corrected chi connectivity index (χ1v) is 6.92. The summed E-state index contributed by atoms with van der Waals surface area (Å²) in [7, 11) is 1.34. The Morgan fingerprint density at radius 3 is 2.47 bits per heavy atom. The largest absolute Gasteiger partial charge is 0.467 e. The Hall–Kier alpha value is -0.710. The number of thioether (sulfide) groups is 1. The first-order valence-electron chi connectivity index (χ1n) is 5.93. The van der Waals surface area contributed by atoms with E-state index in [9.17, 15) is 9.59 Å². The van der Waals surface area contributed by atoms with Crippen LogP contribution in [-0.4, -0.2) is 35.5 Å². The maximum atomic E-state index is 12.2. The maximum absolute atomic E-state index is 12.2. The van der Waals surface area contributed by atoms with Gasteiger partial charge in [-0.15, -0.1) is 11.8 Å². The molecule has 0 saturated carbocycles. The minimum Gasteiger partial charge on any atom is -0.467 e. The third kappa shape index (κ3) is 3.37. The molecule has 1 N–H and O–H groups in total. The van der Waals surface area contributed by atoms with E-state index in [1.54, 1.807) is 11.8 Å². The normalized spacial score (nSPS) is 25.7. The van der Waals surface area contributed by atoms with Gasteiger partial charge in [0, 0.05) is 0 Å². The van der Waals surface area contributed by atoms with Crippen molar-refractivity contribution in [2.45, 2.75) is 44.4 Å². The van der Waals surface area contributed by atoms with Gasteiger partial charge >= 0.3 is 5.97 Å². The lowest BCUT2D eigenvalue weighted by Crippen LogP contribution is -2.51. The molecule has 1 fully saturated rings. The van der Waals surface area contributed by atoms with Crippen molar-refractivity contribution in [3.05, 3.63) is 0 Å². The molecule has 0 bridgehead atoms. The van der Waals surface area contributed by atoms with Gasteiger partial charge < -0.3 is 10.1 Å². The van der Waals surface area contributed by atoms with Crippen molar-refractivity contribution in [1.82, 2.24) is 5.32 Å². The van der Waals surface area contributed by atoms with Gasteiger partial charge in [0.2, 0.25) is 5.91 Å². The number of hydrogen-bond acceptors (Lipinski definition) is 4. The van der Waals surface area contributed by atoms with Crippen LogP contribution in [0.15, 0.2) is 0 Å². The molecular formula is C12H21NO3S. The van der Waals surface area contributed by atoms with Gasteiger partial charge in [0.25, 0.3) is 0 Å². The second-order valence-corrected chi connectivity index (χ2v) is 6.50. The minimum atomic E-state index is -0.550. The zero-order valence-electron chi connectivity index (χ0n) is 10.9. The van der Waals surface area contributed by atoms with Gasteiger partial charge in [0.1, 0.15) is 6.04 Å². The smallest absolute Gasteiger partial charge is 0.328 e. The van der Waals surface area contributed by atoms with Crippen molar-refractivity contribution in [3.63, 3.8) is 0 Å². The number of methoxy groups -OCH3 is 1. The fourth-order valence-corrected chi connectivity index (χ4v) is 3.09. The summed E-state index contributed by atoms with van der Waals surface area (Å²) >= 11 is 1.66. The fraction of sp³-hybridized carbons (Fsp3) is 0.833. The number of carbonyl (C=O) groups is 2. The highest BCUT2D eigenvalue weighted by molar-refractivity contribution is 8.01. The van der Waals surface area contributed by atoms with Crippen LogP contribution < -0.4 is 5.32 Å². The Morgan fingerprint density at radius 1 is 1.41 bits per heavy atom. The Bertz CT molecular complexity index is 298. The number of carbonyl (C=O) groups excluding carboxylic acids is 2. The van der Waals surface area contributed by atoms with E-state index < -0.39 is 6.04 Å². The van der Waals surface area contributed by atoms with E-state index in [1.807, 2.05) is 20.8 Å². The molecule has 1 aliphatic rings. The lowest BCUT2D eigenvalue weighted by Gasteiger charge is -2.26. The number of esters is 1. The van der Waals surface area contributed by atoms with Gasteiger partial charge in [-0.05, 0) is 31.4 Å². The second kappa shape index (κ2) is 5.76. The molecule has 4 nitrogen and oxygen atoms in total. The van der Waals surface area contributed by atoms with E-state index in [0.717, 1.165) is 18.6 Å². The first-order chi connectivity index (χ1) is 7.90. The third-order valence-electron chi connectivity index (χ3n) is 3.11. The molecule has 0 aromatic carbocycles. The van der Waals surface area contributed by atoms with Crippen LogP contribution in [0.5, 0.6) is 0 Å². The molecule has 0 aromatic rings. The summed E-state index contributed by atoms with van der Waals surface area (Å²) in [4.78, 5) is 23.7. The Labute approximate surface area is 107 Å². The van der Waals surface area contributed by atoms with Crippen molar-refractivity contribution < 1.29 is 14.3 Å². The van der Waals surface area contributed by atoms with Crippen molar-refractivity contribution >= 4 is 23.6 Å². The average Bonchev–Trinajstić information content (AvgIpc) is 2.72. The van der Waals surface area contributed by atoms with Crippen LogP contribution in [0.1, 0.15) is 33.6 Å². The van der Waals surface area contributed by atoms with E-state index in [-0.39, 0.29) is 22.5 Å². The monoisotopic (exact) mass is 259 g/mol. The van der Waals surface area contributed by atoms with Crippen LogP contribution in [0.3, 0.4) is 0 Å². The fourth-order valence-electron chi connectivity index (χ4n) is 1.88. The lowest BCUT2D eigenvalue weighted by atomic mass is 10.0. The standard InChI is InChI=1S/C12H21NO3S/c1-8(2)9(10(14)16-4)13-11(15)12(3)6-5-7-17-12/h8-9H,5-7H2,1-4H3,(H,13,15). The van der Waals surface area contributed by atoms with Crippen molar-refractivity contribution in [2.24, 2.45) is 5.92 Å². The van der Waals surface area contributed by atoms with E-state index in [4.69, 9.17) is 4.74 Å². The molecule has 5 heteroatoms. The van der Waals surface area contributed by atoms with Gasteiger partial charge in [-0.3, -0.25) is 4.79 Å². The SMILES string of the molecule is COC(=O)C(NC(=O)C1(C)CCCS1)C(C)C. The van der Waals surface area contributed by atoms with Crippen LogP contribution in [0.2, 0.25) is 0 Å². The quantitative estimate of drug-likeness (QED) is 0.779. The highest BCUT2D eigenvalue weighted by Crippen LogP contribution is 2.37. The molecule has 0 aromatic heterocycles. The zero-order valence-corrected chi connectivity index (χ0v) is 11.7. The van der Waals surface area contributed by atoms with E-state index in [1.165, 1.54) is 7.11 Å². The average molecular weight is 259 g/mol. The highest BCUT2D eigenvalue weighted by atomic mass is 32.2. The van der Waals surface area contributed by atoms with E-state index in [2.05, 4.69) is 5.32 Å². The summed E-state index contributed by atoms with van der Waals surface area (Å²) in [5, 5.41) is 2.82. The summed E-state index contributed by atoms with van der Waals surface area (Å²) < 4.78 is 4.32. The molecule has 17 heavy (non-hydrogen) atoms. The summed E-state index contributed by atoms with van der Waals surface area (Å²) in [5.74, 6) is 0.611. The molecule has 1 heterocycles. The van der Waals surface area contributed by atoms with Gasteiger partial charge in [-0.1, -0.05) is 13.8 Å². The van der Waals surface area contributed by atoms with Crippen molar-refractivity contribution in [1.29, 1.82) is 0 Å². The predicted octanol–water partition coefficient (Wildman–Crippen LogP) is 1.59. The zero-order chi connectivity index (χ0) is 13.1. The molecule has 1 saturated heterocycles. The topological polar surface area (TPSA) is 55.4 Å². The van der Waals surface area contributed by atoms with Crippen LogP contribution in [0.25, 0.3) is 0 Å². The van der Waals surface area contributed by atoms with Crippen molar-refractivity contribution in [3.8, 4) is 0 Å². The third-order valence-corrected chi connectivity index (χ3v) is 4.63. The number of nitrogens with one attached hydrogen (secondary N) is 1. The molecule has 2 atom stereocenters. The molecule has 0 aliphatic carbocycles. The summed E-state index contributed by atoms with van der Waals surface area (Å²) in [6.07, 6.45) is 1.93. The summed E-state index contributed by atoms with van der Waals surface area (Å²) in [5.41, 5.74) is 0. The number of ether oxygens (including phenoxy) is 1. The molecular weight excluding hydrogens is 238 g/mol. The first kappa shape index (κ1) is 14.4. The Kier molecular flexibility index (Phi) is 4.86. The second-order valence-electron chi connectivity index (χ2n) is 4.90. The molecule has 98 valence electrons. The molecule has 0 spiro atoms. The Balaban J connectivity index is 2.67. The lowest BCUT2D eigenvalue weighted by molar-refractivity contribution is -0.146. The van der Waals surface area contributed by atoms with E-state index >= 15 is 0 Å². The summed E-state index contributed by atoms with van der Waals surface area (Å²) in [6, 6.07) is -0.550. The van der Waals surface area contributed by atoms with Crippen LogP contribution >= 0.6 is 11.8 Å². The highest BCUT2D eigenvalue weighted by Gasteiger charge is 2.39. The van der Waals surface area contributed by atoms with Gasteiger partial charge in [-0.25, -0.2) is 4.79 Å². The summed E-state index contributed by atoms with van der Waals surface area (Å²) in [6.45, 7) is 5.73. The van der Waals surface area contributed by atoms with Crippen LogP contribution in [0.4, 0.5) is 0 Å². The number of rotatable bonds is 4. The predicted molar refractivity (Wildman–Crippen MR) is 68.9 cm³/mol. The number of amides is 1.